The molecule has 3 rings (SSSR count). The molecule has 1 aromatic carbocycles. The summed E-state index contributed by atoms with van der Waals surface area (Å²) >= 11 is 12.1. The van der Waals surface area contributed by atoms with E-state index >= 15 is 0 Å². The fourth-order valence-electron chi connectivity index (χ4n) is 2.98. The van der Waals surface area contributed by atoms with E-state index in [0.29, 0.717) is 10.0 Å². The highest BCUT2D eigenvalue weighted by Gasteiger charge is 2.20. The van der Waals surface area contributed by atoms with Crippen molar-refractivity contribution in [3.63, 3.8) is 0 Å². The summed E-state index contributed by atoms with van der Waals surface area (Å²) in [5, 5.41) is 18.5. The molecule has 0 aliphatic carbocycles. The molecule has 1 aliphatic rings. The smallest absolute Gasteiger partial charge is 0.112 e. The second-order valence-electron chi connectivity index (χ2n) is 6.18. The number of rotatable bonds is 5. The van der Waals surface area contributed by atoms with Crippen LogP contribution in [0, 0.1) is 17.2 Å². The Morgan fingerprint density at radius 3 is 2.70 bits per heavy atom. The minimum absolute atomic E-state index is 0. The maximum absolute atomic E-state index is 9.05. The molecule has 1 aliphatic heterocycles. The largest absolute Gasteiger partial charge is 0.399 e. The number of hydrogen-bond acceptors (Lipinski definition) is 5. The lowest BCUT2D eigenvalue weighted by Gasteiger charge is -2.28. The number of piperidine rings is 1. The molecule has 0 N–H and O–H groups in total. The van der Waals surface area contributed by atoms with E-state index in [1.165, 1.54) is 7.11 Å². The van der Waals surface area contributed by atoms with Crippen molar-refractivity contribution in [3.8, 4) is 11.8 Å². The molecule has 27 heavy (non-hydrogen) atoms. The highest BCUT2D eigenvalue weighted by Crippen LogP contribution is 2.25. The van der Waals surface area contributed by atoms with Crippen LogP contribution in [0.1, 0.15) is 24.1 Å². The number of nitrogens with zero attached hydrogens (tertiary/aromatic N) is 5. The van der Waals surface area contributed by atoms with Crippen LogP contribution in [0.15, 0.2) is 29.6 Å². The maximum Gasteiger partial charge on any atom is 0.112 e. The summed E-state index contributed by atoms with van der Waals surface area (Å²) in [7, 11) is 1.50. The van der Waals surface area contributed by atoms with Gasteiger partial charge in [-0.3, -0.25) is 4.90 Å². The topological polar surface area (TPSA) is 66.4 Å². The third kappa shape index (κ3) is 5.36. The minimum Gasteiger partial charge on any atom is -0.399 e. The molecule has 0 saturated carbocycles. The zero-order valence-electron chi connectivity index (χ0n) is 14.8. The Balaban J connectivity index is 0.00000261. The second-order valence-corrected chi connectivity index (χ2v) is 6.99. The summed E-state index contributed by atoms with van der Waals surface area (Å²) < 4.78 is 1.76. The molecule has 1 fully saturated rings. The molecule has 2 heterocycles. The lowest BCUT2D eigenvalue weighted by Crippen LogP contribution is -2.32. The third-order valence-corrected chi connectivity index (χ3v) is 5.17. The fourth-order valence-corrected chi connectivity index (χ4v) is 3.27. The Bertz CT molecular complexity index is 838. The van der Waals surface area contributed by atoms with E-state index in [0.717, 1.165) is 49.4 Å². The molecule has 0 radical (unpaired) electrons. The summed E-state index contributed by atoms with van der Waals surface area (Å²) in [6, 6.07) is 7.74. The van der Waals surface area contributed by atoms with Crippen molar-refractivity contribution in [1.29, 1.82) is 5.26 Å². The SMILES string of the molecule is CO/N=C\c1nn(-c2ccc(Cl)c(Cl)c2)cc1CN1CCC(C#N)CC1.Cl. The van der Waals surface area contributed by atoms with Gasteiger partial charge in [-0.2, -0.15) is 10.4 Å². The van der Waals surface area contributed by atoms with Crippen molar-refractivity contribution in [2.45, 2.75) is 19.4 Å². The van der Waals surface area contributed by atoms with E-state index < -0.39 is 0 Å². The Morgan fingerprint density at radius 2 is 2.07 bits per heavy atom. The van der Waals surface area contributed by atoms with Gasteiger partial charge in [-0.1, -0.05) is 28.4 Å². The summed E-state index contributed by atoms with van der Waals surface area (Å²) in [5.41, 5.74) is 2.59. The molecule has 0 atom stereocenters. The first-order valence-electron chi connectivity index (χ1n) is 8.33. The molecule has 1 aromatic heterocycles. The Morgan fingerprint density at radius 1 is 1.33 bits per heavy atom. The van der Waals surface area contributed by atoms with Crippen molar-refractivity contribution < 1.29 is 4.84 Å². The molecule has 6 nitrogen and oxygen atoms in total. The third-order valence-electron chi connectivity index (χ3n) is 4.43. The first-order valence-corrected chi connectivity index (χ1v) is 9.08. The predicted molar refractivity (Wildman–Crippen MR) is 109 cm³/mol. The summed E-state index contributed by atoms with van der Waals surface area (Å²) in [6.07, 6.45) is 5.37. The highest BCUT2D eigenvalue weighted by molar-refractivity contribution is 6.42. The van der Waals surface area contributed by atoms with Gasteiger partial charge in [-0.05, 0) is 44.1 Å². The molecular formula is C18H20Cl3N5O. The van der Waals surface area contributed by atoms with E-state index in [-0.39, 0.29) is 18.3 Å². The monoisotopic (exact) mass is 427 g/mol. The average Bonchev–Trinajstić information content (AvgIpc) is 3.05. The van der Waals surface area contributed by atoms with Gasteiger partial charge in [-0.15, -0.1) is 12.4 Å². The standard InChI is InChI=1S/C18H19Cl2N5O.ClH/c1-26-22-10-18-14(11-24-6-4-13(9-21)5-7-24)12-25(23-18)15-2-3-16(19)17(20)8-15;/h2-3,8,10,12-13H,4-7,11H2,1H3;1H/b22-10-;. The van der Waals surface area contributed by atoms with E-state index in [1.807, 2.05) is 12.3 Å². The molecule has 9 heteroatoms. The molecule has 0 spiro atoms. The number of aromatic nitrogens is 2. The summed E-state index contributed by atoms with van der Waals surface area (Å²) in [5.74, 6) is 0.166. The van der Waals surface area contributed by atoms with E-state index in [4.69, 9.17) is 33.3 Å². The summed E-state index contributed by atoms with van der Waals surface area (Å²) in [4.78, 5) is 7.13. The van der Waals surface area contributed by atoms with Gasteiger partial charge < -0.3 is 4.84 Å². The predicted octanol–water partition coefficient (Wildman–Crippen LogP) is 4.32. The quantitative estimate of drug-likeness (QED) is 0.525. The van der Waals surface area contributed by atoms with Crippen LogP contribution >= 0.6 is 35.6 Å². The van der Waals surface area contributed by atoms with Gasteiger partial charge in [-0.25, -0.2) is 4.68 Å². The van der Waals surface area contributed by atoms with E-state index in [1.54, 1.807) is 23.0 Å². The second kappa shape index (κ2) is 9.95. The van der Waals surface area contributed by atoms with Crippen LogP contribution in [-0.4, -0.2) is 41.1 Å². The highest BCUT2D eigenvalue weighted by atomic mass is 35.5. The van der Waals surface area contributed by atoms with Crippen LogP contribution in [0.4, 0.5) is 0 Å². The Labute approximate surface area is 174 Å². The number of oxime groups is 1. The van der Waals surface area contributed by atoms with Crippen molar-refractivity contribution in [2.75, 3.05) is 20.2 Å². The molecule has 1 saturated heterocycles. The van der Waals surface area contributed by atoms with Crippen molar-refractivity contribution in [2.24, 2.45) is 11.1 Å². The van der Waals surface area contributed by atoms with Gasteiger partial charge in [0.1, 0.15) is 12.8 Å². The maximum atomic E-state index is 9.05. The summed E-state index contributed by atoms with van der Waals surface area (Å²) in [6.45, 7) is 2.54. The van der Waals surface area contributed by atoms with Gasteiger partial charge >= 0.3 is 0 Å². The normalized spacial score (nSPS) is 15.5. The fraction of sp³-hybridized carbons (Fsp3) is 0.389. The lowest BCUT2D eigenvalue weighted by molar-refractivity contribution is 0.198. The van der Waals surface area contributed by atoms with Crippen LogP contribution in [0.2, 0.25) is 10.0 Å². The van der Waals surface area contributed by atoms with Crippen LogP contribution in [-0.2, 0) is 11.4 Å². The van der Waals surface area contributed by atoms with Crippen molar-refractivity contribution >= 4 is 41.8 Å². The zero-order valence-corrected chi connectivity index (χ0v) is 17.1. The number of halogens is 3. The van der Waals surface area contributed by atoms with Crippen LogP contribution in [0.25, 0.3) is 5.69 Å². The van der Waals surface area contributed by atoms with Gasteiger partial charge in [0.2, 0.25) is 0 Å². The zero-order chi connectivity index (χ0) is 18.5. The number of likely N-dealkylation sites (tertiary alicyclic amines) is 1. The molecule has 0 bridgehead atoms. The molecule has 2 aromatic rings. The van der Waals surface area contributed by atoms with Crippen molar-refractivity contribution in [3.05, 3.63) is 45.7 Å². The van der Waals surface area contributed by atoms with Crippen LogP contribution in [0.5, 0.6) is 0 Å². The Hall–Kier alpha value is -1.78. The van der Waals surface area contributed by atoms with Gasteiger partial charge in [0, 0.05) is 24.2 Å². The van der Waals surface area contributed by atoms with E-state index in [9.17, 15) is 0 Å². The van der Waals surface area contributed by atoms with E-state index in [2.05, 4.69) is 21.2 Å². The van der Waals surface area contributed by atoms with Gasteiger partial charge in [0.15, 0.2) is 0 Å². The first-order chi connectivity index (χ1) is 12.6. The molecular weight excluding hydrogens is 409 g/mol. The molecule has 0 unspecified atom stereocenters. The minimum atomic E-state index is 0. The molecule has 0 amide bonds. The Kier molecular flexibility index (Phi) is 7.93. The number of benzene rings is 1. The van der Waals surface area contributed by atoms with Crippen LogP contribution in [0.3, 0.4) is 0 Å². The lowest BCUT2D eigenvalue weighted by atomic mass is 9.98. The first kappa shape index (κ1) is 21.5. The average molecular weight is 429 g/mol. The van der Waals surface area contributed by atoms with Gasteiger partial charge in [0.25, 0.3) is 0 Å². The van der Waals surface area contributed by atoms with Crippen molar-refractivity contribution in [1.82, 2.24) is 14.7 Å². The number of nitriles is 1. The van der Waals surface area contributed by atoms with Crippen LogP contribution < -0.4 is 0 Å². The number of hydrogen-bond donors (Lipinski definition) is 0. The molecule has 144 valence electrons. The van der Waals surface area contributed by atoms with Gasteiger partial charge in [0.05, 0.1) is 28.0 Å².